The molecule has 0 spiro atoms. The van der Waals surface area contributed by atoms with Gasteiger partial charge in [-0.2, -0.15) is 0 Å². The van der Waals surface area contributed by atoms with Gasteiger partial charge in [0.2, 0.25) is 0 Å². The minimum Gasteiger partial charge on any atom is -0.489 e. The molecule has 0 heterocycles. The number of nitrogens with one attached hydrogen (secondary N) is 1. The molecule has 2 aromatic carbocycles. The van der Waals surface area contributed by atoms with Crippen LogP contribution < -0.4 is 15.8 Å². The smallest absolute Gasteiger partial charge is 0.120 e. The molecule has 0 aromatic heterocycles. The molecule has 2 atom stereocenters. The quantitative estimate of drug-likeness (QED) is 0.700. The van der Waals surface area contributed by atoms with Crippen LogP contribution in [-0.2, 0) is 6.61 Å². The van der Waals surface area contributed by atoms with Crippen molar-refractivity contribution in [3.63, 3.8) is 0 Å². The van der Waals surface area contributed by atoms with Gasteiger partial charge in [-0.05, 0) is 55.8 Å². The Hall–Kier alpha value is -1.88. The minimum absolute atomic E-state index is 0.0465. The third-order valence-corrected chi connectivity index (χ3v) is 4.04. The van der Waals surface area contributed by atoms with Crippen molar-refractivity contribution in [2.75, 3.05) is 13.6 Å². The molecule has 0 amide bonds. The van der Waals surface area contributed by atoms with Crippen LogP contribution in [0.15, 0.2) is 48.5 Å². The van der Waals surface area contributed by atoms with Crippen molar-refractivity contribution in [2.45, 2.75) is 32.1 Å². The lowest BCUT2D eigenvalue weighted by molar-refractivity contribution is 0.128. The summed E-state index contributed by atoms with van der Waals surface area (Å²) < 4.78 is 5.82. The van der Waals surface area contributed by atoms with Gasteiger partial charge in [-0.3, -0.25) is 0 Å². The second kappa shape index (κ2) is 8.67. The lowest BCUT2D eigenvalue weighted by Gasteiger charge is -2.24. The number of nitrogens with two attached hydrogens (primary N) is 1. The van der Waals surface area contributed by atoms with Crippen LogP contribution in [-0.4, -0.2) is 24.7 Å². The molecule has 0 aliphatic carbocycles. The number of hydrogen-bond donors (Lipinski definition) is 3. The SMILES string of the molecule is CNC(CCN)C(O)c1ccc(OCc2ccccc2)cc1C. The van der Waals surface area contributed by atoms with E-state index in [1.54, 1.807) is 0 Å². The highest BCUT2D eigenvalue weighted by atomic mass is 16.5. The van der Waals surface area contributed by atoms with Crippen LogP contribution in [0.5, 0.6) is 5.75 Å². The Morgan fingerprint density at radius 1 is 1.17 bits per heavy atom. The summed E-state index contributed by atoms with van der Waals surface area (Å²) in [6.07, 6.45) is 0.148. The number of ether oxygens (including phenoxy) is 1. The molecule has 2 unspecified atom stereocenters. The van der Waals surface area contributed by atoms with Crippen LogP contribution in [0, 0.1) is 6.92 Å². The van der Waals surface area contributed by atoms with E-state index in [2.05, 4.69) is 5.32 Å². The van der Waals surface area contributed by atoms with Crippen LogP contribution in [0.25, 0.3) is 0 Å². The molecule has 0 saturated carbocycles. The van der Waals surface area contributed by atoms with E-state index in [0.29, 0.717) is 13.2 Å². The van der Waals surface area contributed by atoms with Crippen molar-refractivity contribution >= 4 is 0 Å². The van der Waals surface area contributed by atoms with E-state index < -0.39 is 6.10 Å². The van der Waals surface area contributed by atoms with Crippen LogP contribution in [0.3, 0.4) is 0 Å². The highest BCUT2D eigenvalue weighted by Gasteiger charge is 2.20. The molecule has 0 aliphatic heterocycles. The van der Waals surface area contributed by atoms with E-state index in [1.165, 1.54) is 0 Å². The molecule has 0 fully saturated rings. The van der Waals surface area contributed by atoms with Crippen LogP contribution in [0.1, 0.15) is 29.2 Å². The Kier molecular flexibility index (Phi) is 6.59. The summed E-state index contributed by atoms with van der Waals surface area (Å²) in [5.41, 5.74) is 8.66. The molecule has 2 aromatic rings. The van der Waals surface area contributed by atoms with E-state index in [0.717, 1.165) is 28.9 Å². The fraction of sp³-hybridized carbons (Fsp3) is 0.368. The first-order valence-electron chi connectivity index (χ1n) is 7.98. The number of aryl methyl sites for hydroxylation is 1. The molecular weight excluding hydrogens is 288 g/mol. The predicted molar refractivity (Wildman–Crippen MR) is 93.4 cm³/mol. The average molecular weight is 314 g/mol. The van der Waals surface area contributed by atoms with Crippen LogP contribution >= 0.6 is 0 Å². The van der Waals surface area contributed by atoms with Gasteiger partial charge in [0.15, 0.2) is 0 Å². The Morgan fingerprint density at radius 2 is 1.91 bits per heavy atom. The van der Waals surface area contributed by atoms with Crippen LogP contribution in [0.4, 0.5) is 0 Å². The molecule has 4 nitrogen and oxygen atoms in total. The Morgan fingerprint density at radius 3 is 2.52 bits per heavy atom. The third-order valence-electron chi connectivity index (χ3n) is 4.04. The van der Waals surface area contributed by atoms with Gasteiger partial charge in [-0.15, -0.1) is 0 Å². The molecule has 0 bridgehead atoms. The molecule has 2 rings (SSSR count). The standard InChI is InChI=1S/C19H26N2O2/c1-14-12-16(23-13-15-6-4-3-5-7-15)8-9-17(14)19(22)18(21-2)10-11-20/h3-9,12,18-19,21-22H,10-11,13,20H2,1-2H3. The largest absolute Gasteiger partial charge is 0.489 e. The molecule has 4 heteroatoms. The topological polar surface area (TPSA) is 67.5 Å². The fourth-order valence-corrected chi connectivity index (χ4v) is 2.67. The number of hydrogen-bond acceptors (Lipinski definition) is 4. The van der Waals surface area contributed by atoms with Crippen molar-refractivity contribution in [3.8, 4) is 5.75 Å². The maximum atomic E-state index is 10.5. The fourth-order valence-electron chi connectivity index (χ4n) is 2.67. The zero-order chi connectivity index (χ0) is 16.7. The molecular formula is C19H26N2O2. The zero-order valence-electron chi connectivity index (χ0n) is 13.8. The minimum atomic E-state index is -0.577. The monoisotopic (exact) mass is 314 g/mol. The maximum absolute atomic E-state index is 10.5. The van der Waals surface area contributed by atoms with E-state index in [-0.39, 0.29) is 6.04 Å². The molecule has 23 heavy (non-hydrogen) atoms. The number of aliphatic hydroxyl groups is 1. The first-order valence-corrected chi connectivity index (χ1v) is 7.98. The van der Waals surface area contributed by atoms with Gasteiger partial charge in [0, 0.05) is 6.04 Å². The van der Waals surface area contributed by atoms with E-state index in [4.69, 9.17) is 10.5 Å². The second-order valence-corrected chi connectivity index (χ2v) is 5.71. The van der Waals surface area contributed by atoms with Gasteiger partial charge >= 0.3 is 0 Å². The lowest BCUT2D eigenvalue weighted by atomic mass is 9.96. The van der Waals surface area contributed by atoms with Crippen molar-refractivity contribution in [2.24, 2.45) is 5.73 Å². The van der Waals surface area contributed by atoms with Gasteiger partial charge in [-0.1, -0.05) is 36.4 Å². The van der Waals surface area contributed by atoms with Crippen molar-refractivity contribution in [3.05, 3.63) is 65.2 Å². The number of benzene rings is 2. The van der Waals surface area contributed by atoms with Crippen molar-refractivity contribution < 1.29 is 9.84 Å². The highest BCUT2D eigenvalue weighted by Crippen LogP contribution is 2.26. The summed E-state index contributed by atoms with van der Waals surface area (Å²) in [7, 11) is 1.84. The summed E-state index contributed by atoms with van der Waals surface area (Å²) >= 11 is 0. The maximum Gasteiger partial charge on any atom is 0.120 e. The van der Waals surface area contributed by atoms with Crippen molar-refractivity contribution in [1.82, 2.24) is 5.32 Å². The van der Waals surface area contributed by atoms with E-state index in [9.17, 15) is 5.11 Å². The van der Waals surface area contributed by atoms with Gasteiger partial charge in [0.25, 0.3) is 0 Å². The van der Waals surface area contributed by atoms with E-state index >= 15 is 0 Å². The molecule has 4 N–H and O–H groups in total. The second-order valence-electron chi connectivity index (χ2n) is 5.71. The molecule has 124 valence electrons. The van der Waals surface area contributed by atoms with Gasteiger partial charge < -0.3 is 20.9 Å². The van der Waals surface area contributed by atoms with Crippen LogP contribution in [0.2, 0.25) is 0 Å². The summed E-state index contributed by atoms with van der Waals surface area (Å²) in [6, 6.07) is 15.8. The van der Waals surface area contributed by atoms with Gasteiger partial charge in [-0.25, -0.2) is 0 Å². The first kappa shape index (κ1) is 17.5. The Labute approximate surface area is 138 Å². The number of likely N-dealkylation sites (N-methyl/N-ethyl adjacent to an activating group) is 1. The average Bonchev–Trinajstić information content (AvgIpc) is 2.58. The summed E-state index contributed by atoms with van der Waals surface area (Å²) in [4.78, 5) is 0. The Balaban J connectivity index is 2.05. The van der Waals surface area contributed by atoms with Gasteiger partial charge in [0.1, 0.15) is 12.4 Å². The predicted octanol–water partition coefficient (Wildman–Crippen LogP) is 2.54. The summed E-state index contributed by atoms with van der Waals surface area (Å²) in [6.45, 7) is 3.07. The van der Waals surface area contributed by atoms with Crippen molar-refractivity contribution in [1.29, 1.82) is 0 Å². The molecule has 0 radical (unpaired) electrons. The molecule has 0 saturated heterocycles. The third kappa shape index (κ3) is 4.79. The first-order chi connectivity index (χ1) is 11.2. The van der Waals surface area contributed by atoms with Gasteiger partial charge in [0.05, 0.1) is 6.10 Å². The lowest BCUT2D eigenvalue weighted by Crippen LogP contribution is -2.34. The molecule has 0 aliphatic rings. The highest BCUT2D eigenvalue weighted by molar-refractivity contribution is 5.37. The Bertz CT molecular complexity index is 602. The summed E-state index contributed by atoms with van der Waals surface area (Å²) in [5, 5.41) is 13.7. The number of rotatable bonds is 8. The summed E-state index contributed by atoms with van der Waals surface area (Å²) in [5.74, 6) is 0.808. The zero-order valence-corrected chi connectivity index (χ0v) is 13.8. The number of aliphatic hydroxyl groups excluding tert-OH is 1. The normalized spacial score (nSPS) is 13.6. The van der Waals surface area contributed by atoms with E-state index in [1.807, 2.05) is 62.5 Å².